The number of anilines is 1. The minimum atomic E-state index is -0.818. The predicted molar refractivity (Wildman–Crippen MR) is 86.9 cm³/mol. The first-order valence-electron chi connectivity index (χ1n) is 6.36. The summed E-state index contributed by atoms with van der Waals surface area (Å²) in [5, 5.41) is 3.77. The van der Waals surface area contributed by atoms with Gasteiger partial charge in [0.05, 0.1) is 5.69 Å². The molecule has 1 aromatic heterocycles. The number of amides is 1. The Kier molecular flexibility index (Phi) is 4.77. The molecule has 6 heteroatoms. The van der Waals surface area contributed by atoms with Gasteiger partial charge in [0.15, 0.2) is 0 Å². The highest BCUT2D eigenvalue weighted by atomic mass is 32.2. The van der Waals surface area contributed by atoms with E-state index in [0.717, 1.165) is 15.6 Å². The Morgan fingerprint density at radius 3 is 2.90 bits per heavy atom. The largest absolute Gasteiger partial charge is 0.397 e. The molecule has 20 heavy (non-hydrogen) atoms. The molecule has 2 aromatic rings. The van der Waals surface area contributed by atoms with Crippen molar-refractivity contribution in [2.24, 2.45) is 0 Å². The van der Waals surface area contributed by atoms with Crippen molar-refractivity contribution in [1.82, 2.24) is 5.32 Å². The molecule has 3 N–H and O–H groups in total. The van der Waals surface area contributed by atoms with Crippen LogP contribution in [-0.2, 0) is 10.8 Å². The summed E-state index contributed by atoms with van der Waals surface area (Å²) in [5.41, 5.74) is 7.73. The average molecular weight is 310 g/mol. The Labute approximate surface area is 124 Å². The lowest BCUT2D eigenvalue weighted by Gasteiger charge is -2.03. The Morgan fingerprint density at radius 2 is 2.20 bits per heavy atom. The number of fused-ring (bicyclic) bond motifs is 1. The van der Waals surface area contributed by atoms with Crippen molar-refractivity contribution < 1.29 is 9.00 Å². The number of nitrogens with two attached hydrogens (primary N) is 1. The van der Waals surface area contributed by atoms with Gasteiger partial charge >= 0.3 is 0 Å². The number of aryl methyl sites for hydroxylation is 1. The molecular weight excluding hydrogens is 292 g/mol. The zero-order valence-corrected chi connectivity index (χ0v) is 13.2. The minimum absolute atomic E-state index is 0.150. The quantitative estimate of drug-likeness (QED) is 0.832. The maximum Gasteiger partial charge on any atom is 0.263 e. The lowest BCUT2D eigenvalue weighted by molar-refractivity contribution is 0.0958. The van der Waals surface area contributed by atoms with E-state index in [0.29, 0.717) is 29.3 Å². The third-order valence-corrected chi connectivity index (χ3v) is 5.03. The standard InChI is InChI=1S/C14H18N2O2S2/c1-9-4-5-11-10(8-9)12(15)13(19-11)14(17)16-6-3-7-20(2)18/h4-5,8H,3,6-7,15H2,1-2H3,(H,16,17). The van der Waals surface area contributed by atoms with Crippen molar-refractivity contribution in [2.45, 2.75) is 13.3 Å². The molecule has 0 aliphatic rings. The molecule has 0 aliphatic carbocycles. The van der Waals surface area contributed by atoms with Gasteiger partial charge in [0, 0.05) is 39.4 Å². The van der Waals surface area contributed by atoms with E-state index >= 15 is 0 Å². The van der Waals surface area contributed by atoms with E-state index in [9.17, 15) is 9.00 Å². The van der Waals surface area contributed by atoms with Gasteiger partial charge in [-0.2, -0.15) is 0 Å². The Bertz CT molecular complexity index is 664. The van der Waals surface area contributed by atoms with E-state index in [2.05, 4.69) is 5.32 Å². The lowest BCUT2D eigenvalue weighted by Crippen LogP contribution is -2.25. The van der Waals surface area contributed by atoms with Crippen LogP contribution in [0.15, 0.2) is 18.2 Å². The van der Waals surface area contributed by atoms with Crippen molar-refractivity contribution in [3.63, 3.8) is 0 Å². The molecule has 1 atom stereocenters. The SMILES string of the molecule is Cc1ccc2sc(C(=O)NCCCS(C)=O)c(N)c2c1. The van der Waals surface area contributed by atoms with Crippen molar-refractivity contribution >= 4 is 43.8 Å². The summed E-state index contributed by atoms with van der Waals surface area (Å²) >= 11 is 1.41. The van der Waals surface area contributed by atoms with Gasteiger partial charge < -0.3 is 11.1 Å². The molecule has 0 aliphatic heterocycles. The van der Waals surface area contributed by atoms with Gasteiger partial charge in [0.2, 0.25) is 0 Å². The Hall–Kier alpha value is -1.40. The van der Waals surface area contributed by atoms with Crippen LogP contribution in [0.3, 0.4) is 0 Å². The highest BCUT2D eigenvalue weighted by molar-refractivity contribution is 7.84. The van der Waals surface area contributed by atoms with Gasteiger partial charge in [-0.1, -0.05) is 11.6 Å². The van der Waals surface area contributed by atoms with E-state index < -0.39 is 10.8 Å². The van der Waals surface area contributed by atoms with Gasteiger partial charge in [-0.25, -0.2) is 0 Å². The van der Waals surface area contributed by atoms with Gasteiger partial charge in [-0.15, -0.1) is 11.3 Å². The van der Waals surface area contributed by atoms with E-state index in [-0.39, 0.29) is 5.91 Å². The second-order valence-electron chi connectivity index (χ2n) is 4.73. The molecule has 0 spiro atoms. The molecule has 4 nitrogen and oxygen atoms in total. The number of nitrogens with one attached hydrogen (secondary N) is 1. The highest BCUT2D eigenvalue weighted by Crippen LogP contribution is 2.34. The van der Waals surface area contributed by atoms with Crippen molar-refractivity contribution in [3.8, 4) is 0 Å². The third-order valence-electron chi connectivity index (χ3n) is 2.98. The zero-order chi connectivity index (χ0) is 14.7. The topological polar surface area (TPSA) is 72.2 Å². The molecule has 1 amide bonds. The summed E-state index contributed by atoms with van der Waals surface area (Å²) in [6, 6.07) is 6.00. The van der Waals surface area contributed by atoms with Gasteiger partial charge in [-0.3, -0.25) is 9.00 Å². The fraction of sp³-hybridized carbons (Fsp3) is 0.357. The van der Waals surface area contributed by atoms with Gasteiger partial charge in [0.1, 0.15) is 4.88 Å². The molecule has 1 heterocycles. The third kappa shape index (κ3) is 3.37. The number of hydrogen-bond donors (Lipinski definition) is 2. The summed E-state index contributed by atoms with van der Waals surface area (Å²) in [7, 11) is -0.818. The smallest absolute Gasteiger partial charge is 0.263 e. The van der Waals surface area contributed by atoms with Gasteiger partial charge in [0.25, 0.3) is 5.91 Å². The van der Waals surface area contributed by atoms with Crippen LogP contribution in [0.4, 0.5) is 5.69 Å². The maximum absolute atomic E-state index is 12.1. The highest BCUT2D eigenvalue weighted by Gasteiger charge is 2.15. The molecule has 108 valence electrons. The van der Waals surface area contributed by atoms with Crippen LogP contribution < -0.4 is 11.1 Å². The van der Waals surface area contributed by atoms with Crippen LogP contribution in [-0.4, -0.2) is 28.7 Å². The first-order valence-corrected chi connectivity index (χ1v) is 8.90. The number of carbonyl (C=O) groups is 1. The molecule has 0 saturated heterocycles. The molecule has 0 saturated carbocycles. The number of hydrogen-bond acceptors (Lipinski definition) is 4. The second kappa shape index (κ2) is 6.37. The summed E-state index contributed by atoms with van der Waals surface area (Å²) in [6.45, 7) is 2.52. The van der Waals surface area contributed by atoms with Crippen LogP contribution in [0, 0.1) is 6.92 Å². The number of carbonyl (C=O) groups excluding carboxylic acids is 1. The normalized spacial score (nSPS) is 12.5. The molecule has 0 radical (unpaired) electrons. The summed E-state index contributed by atoms with van der Waals surface area (Å²) in [4.78, 5) is 12.7. The molecule has 2 rings (SSSR count). The van der Waals surface area contributed by atoms with E-state index in [1.165, 1.54) is 11.3 Å². The average Bonchev–Trinajstić information content (AvgIpc) is 2.72. The lowest BCUT2D eigenvalue weighted by atomic mass is 10.1. The molecule has 1 aromatic carbocycles. The fourth-order valence-corrected chi connectivity index (χ4v) is 3.53. The van der Waals surface area contributed by atoms with E-state index in [1.54, 1.807) is 6.26 Å². The number of nitrogen functional groups attached to an aromatic ring is 1. The zero-order valence-electron chi connectivity index (χ0n) is 11.6. The first-order chi connectivity index (χ1) is 9.49. The maximum atomic E-state index is 12.1. The van der Waals surface area contributed by atoms with Crippen molar-refractivity contribution in [1.29, 1.82) is 0 Å². The summed E-state index contributed by atoms with van der Waals surface area (Å²) in [5.74, 6) is 0.449. The molecular formula is C14H18N2O2S2. The first kappa shape index (κ1) is 15.0. The fourth-order valence-electron chi connectivity index (χ4n) is 1.96. The molecule has 0 bridgehead atoms. The van der Waals surface area contributed by atoms with Crippen LogP contribution in [0.5, 0.6) is 0 Å². The second-order valence-corrected chi connectivity index (χ2v) is 7.34. The summed E-state index contributed by atoms with van der Waals surface area (Å²) < 4.78 is 12.0. The van der Waals surface area contributed by atoms with Crippen LogP contribution in [0.1, 0.15) is 21.7 Å². The number of rotatable bonds is 5. The number of thiophene rings is 1. The van der Waals surface area contributed by atoms with Gasteiger partial charge in [-0.05, 0) is 25.5 Å². The Balaban J connectivity index is 2.10. The molecule has 1 unspecified atom stereocenters. The minimum Gasteiger partial charge on any atom is -0.397 e. The van der Waals surface area contributed by atoms with E-state index in [1.807, 2.05) is 25.1 Å². The van der Waals surface area contributed by atoms with Crippen LogP contribution >= 0.6 is 11.3 Å². The van der Waals surface area contributed by atoms with Crippen molar-refractivity contribution in [3.05, 3.63) is 28.6 Å². The Morgan fingerprint density at radius 1 is 1.45 bits per heavy atom. The van der Waals surface area contributed by atoms with Crippen LogP contribution in [0.25, 0.3) is 10.1 Å². The monoisotopic (exact) mass is 310 g/mol. The number of benzene rings is 1. The van der Waals surface area contributed by atoms with E-state index in [4.69, 9.17) is 5.73 Å². The molecule has 0 fully saturated rings. The van der Waals surface area contributed by atoms with Crippen molar-refractivity contribution in [2.75, 3.05) is 24.3 Å². The summed E-state index contributed by atoms with van der Waals surface area (Å²) in [6.07, 6.45) is 2.37. The van der Waals surface area contributed by atoms with Crippen LogP contribution in [0.2, 0.25) is 0 Å². The predicted octanol–water partition coefficient (Wildman–Crippen LogP) is 2.29.